The zero-order chi connectivity index (χ0) is 20.8. The molecule has 150 valence electrons. The summed E-state index contributed by atoms with van der Waals surface area (Å²) in [6.07, 6.45) is -0.618. The maximum Gasteiger partial charge on any atom is 0.144 e. The maximum absolute atomic E-state index is 9.91. The molecule has 0 spiro atoms. The van der Waals surface area contributed by atoms with Crippen molar-refractivity contribution in [3.8, 4) is 0 Å². The molecule has 1 atom stereocenters. The van der Waals surface area contributed by atoms with E-state index in [9.17, 15) is 5.11 Å². The molecule has 4 rings (SSSR count). The SMILES string of the molecule is CC(O)c1cccc(COC(c2ccccc2)(c2ccccc2)c2ccccc2)n1. The summed E-state index contributed by atoms with van der Waals surface area (Å²) in [5.74, 6) is 0. The molecule has 0 aliphatic heterocycles. The van der Waals surface area contributed by atoms with Crippen LogP contribution in [-0.2, 0) is 16.9 Å². The molecule has 3 nitrogen and oxygen atoms in total. The molecule has 0 radical (unpaired) electrons. The predicted octanol–water partition coefficient (Wildman–Crippen LogP) is 5.64. The molecule has 1 unspecified atom stereocenters. The molecule has 3 aromatic carbocycles. The Kier molecular flexibility index (Phi) is 6.03. The molecular formula is C27H25NO2. The van der Waals surface area contributed by atoms with Crippen LogP contribution in [0.4, 0.5) is 0 Å². The van der Waals surface area contributed by atoms with Gasteiger partial charge in [-0.15, -0.1) is 0 Å². The van der Waals surface area contributed by atoms with E-state index in [1.165, 1.54) is 0 Å². The number of benzene rings is 3. The average Bonchev–Trinajstić information content (AvgIpc) is 2.82. The van der Waals surface area contributed by atoms with Crippen molar-refractivity contribution >= 4 is 0 Å². The molecule has 0 bridgehead atoms. The van der Waals surface area contributed by atoms with Crippen LogP contribution in [0.25, 0.3) is 0 Å². The Morgan fingerprint density at radius 2 is 1.17 bits per heavy atom. The molecule has 1 heterocycles. The Morgan fingerprint density at radius 3 is 1.60 bits per heavy atom. The Labute approximate surface area is 177 Å². The van der Waals surface area contributed by atoms with Crippen molar-refractivity contribution in [2.45, 2.75) is 25.2 Å². The van der Waals surface area contributed by atoms with Crippen LogP contribution in [0, 0.1) is 0 Å². The van der Waals surface area contributed by atoms with E-state index < -0.39 is 11.7 Å². The Morgan fingerprint density at radius 1 is 0.700 bits per heavy atom. The molecule has 0 aliphatic carbocycles. The largest absolute Gasteiger partial charge is 0.387 e. The van der Waals surface area contributed by atoms with Gasteiger partial charge >= 0.3 is 0 Å². The highest BCUT2D eigenvalue weighted by molar-refractivity contribution is 5.47. The normalized spacial score (nSPS) is 12.5. The number of aliphatic hydroxyl groups excluding tert-OH is 1. The van der Waals surface area contributed by atoms with Crippen LogP contribution in [0.5, 0.6) is 0 Å². The monoisotopic (exact) mass is 395 g/mol. The zero-order valence-corrected chi connectivity index (χ0v) is 17.0. The summed E-state index contributed by atoms with van der Waals surface area (Å²) in [5, 5.41) is 9.91. The van der Waals surface area contributed by atoms with Gasteiger partial charge in [0.15, 0.2) is 0 Å². The molecule has 0 amide bonds. The number of ether oxygens (including phenoxy) is 1. The van der Waals surface area contributed by atoms with Crippen molar-refractivity contribution < 1.29 is 9.84 Å². The van der Waals surface area contributed by atoms with E-state index in [-0.39, 0.29) is 0 Å². The fourth-order valence-corrected chi connectivity index (χ4v) is 3.76. The van der Waals surface area contributed by atoms with E-state index in [4.69, 9.17) is 4.74 Å². The van der Waals surface area contributed by atoms with Crippen molar-refractivity contribution in [3.63, 3.8) is 0 Å². The first kappa shape index (κ1) is 20.0. The lowest BCUT2D eigenvalue weighted by Gasteiger charge is -2.36. The molecule has 3 heteroatoms. The van der Waals surface area contributed by atoms with Crippen LogP contribution >= 0.6 is 0 Å². The minimum absolute atomic E-state index is 0.305. The number of hydrogen-bond acceptors (Lipinski definition) is 3. The van der Waals surface area contributed by atoms with E-state index in [1.54, 1.807) is 6.92 Å². The Balaban J connectivity index is 1.84. The van der Waals surface area contributed by atoms with Crippen LogP contribution in [0.15, 0.2) is 109 Å². The molecule has 4 aromatic rings. The van der Waals surface area contributed by atoms with Gasteiger partial charge < -0.3 is 9.84 Å². The molecule has 0 saturated heterocycles. The highest BCUT2D eigenvalue weighted by atomic mass is 16.5. The maximum atomic E-state index is 9.91. The van der Waals surface area contributed by atoms with E-state index >= 15 is 0 Å². The lowest BCUT2D eigenvalue weighted by molar-refractivity contribution is -0.00160. The van der Waals surface area contributed by atoms with Crippen LogP contribution in [0.3, 0.4) is 0 Å². The molecule has 1 N–H and O–H groups in total. The number of pyridine rings is 1. The minimum atomic E-state index is -0.785. The smallest absolute Gasteiger partial charge is 0.144 e. The fourth-order valence-electron chi connectivity index (χ4n) is 3.76. The van der Waals surface area contributed by atoms with Crippen molar-refractivity contribution in [1.82, 2.24) is 4.98 Å². The van der Waals surface area contributed by atoms with Crippen molar-refractivity contribution in [1.29, 1.82) is 0 Å². The third kappa shape index (κ3) is 4.04. The number of aliphatic hydroxyl groups is 1. The van der Waals surface area contributed by atoms with Crippen LogP contribution in [0.2, 0.25) is 0 Å². The first-order valence-corrected chi connectivity index (χ1v) is 10.1. The number of rotatable bonds is 7. The van der Waals surface area contributed by atoms with Crippen LogP contribution < -0.4 is 0 Å². The summed E-state index contributed by atoms with van der Waals surface area (Å²) in [5.41, 5.74) is 3.78. The molecule has 0 aliphatic rings. The van der Waals surface area contributed by atoms with Crippen molar-refractivity contribution in [3.05, 3.63) is 137 Å². The van der Waals surface area contributed by atoms with Gasteiger partial charge in [-0.2, -0.15) is 0 Å². The van der Waals surface area contributed by atoms with Gasteiger partial charge in [-0.3, -0.25) is 4.98 Å². The van der Waals surface area contributed by atoms with Gasteiger partial charge in [-0.1, -0.05) is 97.1 Å². The summed E-state index contributed by atoms with van der Waals surface area (Å²) in [4.78, 5) is 4.58. The van der Waals surface area contributed by atoms with Crippen molar-refractivity contribution in [2.75, 3.05) is 0 Å². The van der Waals surface area contributed by atoms with Crippen LogP contribution in [-0.4, -0.2) is 10.1 Å². The first-order valence-electron chi connectivity index (χ1n) is 10.1. The number of nitrogens with zero attached hydrogens (tertiary/aromatic N) is 1. The number of aromatic nitrogens is 1. The fraction of sp³-hybridized carbons (Fsp3) is 0.148. The second-order valence-corrected chi connectivity index (χ2v) is 7.30. The highest BCUT2D eigenvalue weighted by Crippen LogP contribution is 2.41. The molecule has 30 heavy (non-hydrogen) atoms. The van der Waals surface area contributed by atoms with Crippen LogP contribution in [0.1, 0.15) is 41.1 Å². The minimum Gasteiger partial charge on any atom is -0.387 e. The molecule has 0 fully saturated rings. The third-order valence-corrected chi connectivity index (χ3v) is 5.23. The summed E-state index contributed by atoms with van der Waals surface area (Å²) < 4.78 is 6.76. The van der Waals surface area contributed by atoms with Gasteiger partial charge in [0.1, 0.15) is 5.60 Å². The standard InChI is InChI=1S/C27H25NO2/c1-21(29)26-19-11-18-25(28-26)20-30-27(22-12-5-2-6-13-22,23-14-7-3-8-15-23)24-16-9-4-10-17-24/h2-19,21,29H,20H2,1H3. The Bertz CT molecular complexity index is 967. The lowest BCUT2D eigenvalue weighted by atomic mass is 9.80. The van der Waals surface area contributed by atoms with Gasteiger partial charge in [-0.25, -0.2) is 0 Å². The van der Waals surface area contributed by atoms with Gasteiger partial charge in [-0.05, 0) is 35.7 Å². The average molecular weight is 396 g/mol. The van der Waals surface area contributed by atoms with Gasteiger partial charge in [0, 0.05) is 0 Å². The summed E-state index contributed by atoms with van der Waals surface area (Å²) in [7, 11) is 0. The van der Waals surface area contributed by atoms with E-state index in [2.05, 4.69) is 41.4 Å². The second kappa shape index (κ2) is 9.04. The zero-order valence-electron chi connectivity index (χ0n) is 17.0. The van der Waals surface area contributed by atoms with E-state index in [0.29, 0.717) is 12.3 Å². The van der Waals surface area contributed by atoms with Gasteiger partial charge in [0.25, 0.3) is 0 Å². The second-order valence-electron chi connectivity index (χ2n) is 7.30. The third-order valence-electron chi connectivity index (χ3n) is 5.23. The van der Waals surface area contributed by atoms with Gasteiger partial charge in [0.2, 0.25) is 0 Å². The topological polar surface area (TPSA) is 42.4 Å². The summed E-state index contributed by atoms with van der Waals surface area (Å²) in [6, 6.07) is 36.5. The predicted molar refractivity (Wildman–Crippen MR) is 119 cm³/mol. The highest BCUT2D eigenvalue weighted by Gasteiger charge is 2.37. The first-order chi connectivity index (χ1) is 14.7. The molecule has 1 aromatic heterocycles. The summed E-state index contributed by atoms with van der Waals surface area (Å²) in [6.45, 7) is 2.02. The number of hydrogen-bond donors (Lipinski definition) is 1. The van der Waals surface area contributed by atoms with Gasteiger partial charge in [0.05, 0.1) is 24.1 Å². The summed E-state index contributed by atoms with van der Waals surface area (Å²) >= 11 is 0. The quantitative estimate of drug-likeness (QED) is 0.412. The van der Waals surface area contributed by atoms with E-state index in [0.717, 1.165) is 22.4 Å². The van der Waals surface area contributed by atoms with Crippen molar-refractivity contribution in [2.24, 2.45) is 0 Å². The Hall–Kier alpha value is -3.27. The molecule has 0 saturated carbocycles. The lowest BCUT2D eigenvalue weighted by Crippen LogP contribution is -2.33. The van der Waals surface area contributed by atoms with E-state index in [1.807, 2.05) is 72.8 Å². The molecular weight excluding hydrogens is 370 g/mol.